The maximum atomic E-state index is 4.11. The van der Waals surface area contributed by atoms with Crippen molar-refractivity contribution in [3.63, 3.8) is 0 Å². The first-order valence-electron chi connectivity index (χ1n) is 6.22. The van der Waals surface area contributed by atoms with Crippen molar-refractivity contribution < 1.29 is 0 Å². The van der Waals surface area contributed by atoms with Crippen LogP contribution in [-0.4, -0.2) is 38.2 Å². The molecule has 1 aromatic carbocycles. The van der Waals surface area contributed by atoms with Gasteiger partial charge in [-0.15, -0.1) is 18.3 Å². The molecule has 0 aliphatic carbocycles. The fourth-order valence-electron chi connectivity index (χ4n) is 1.88. The fraction of sp³-hybridized carbons (Fsp3) is 0.214. The molecule has 0 atom stereocenters. The molecule has 104 valence electrons. The molecule has 0 unspecified atom stereocenters. The number of aromatic nitrogens is 4. The van der Waals surface area contributed by atoms with Crippen molar-refractivity contribution in [3.8, 4) is 5.69 Å². The number of hydrogen-bond acceptors (Lipinski definition) is 4. The minimum atomic E-state index is 0.631. The molecule has 0 bridgehead atoms. The second-order valence-corrected chi connectivity index (χ2v) is 5.08. The lowest BCUT2D eigenvalue weighted by molar-refractivity contribution is 0.316. The molecule has 0 saturated carbocycles. The summed E-state index contributed by atoms with van der Waals surface area (Å²) in [6, 6.07) is 7.84. The number of para-hydroxylation sites is 1. The first-order chi connectivity index (χ1) is 9.76. The zero-order valence-corrected chi connectivity index (χ0v) is 12.7. The van der Waals surface area contributed by atoms with Crippen LogP contribution in [0.2, 0.25) is 0 Å². The highest BCUT2D eigenvalue weighted by molar-refractivity contribution is 9.10. The molecule has 0 N–H and O–H groups in total. The Morgan fingerprint density at radius 2 is 1.90 bits per heavy atom. The highest BCUT2D eigenvalue weighted by Crippen LogP contribution is 2.20. The zero-order chi connectivity index (χ0) is 14.4. The van der Waals surface area contributed by atoms with Crippen molar-refractivity contribution in [2.24, 2.45) is 0 Å². The third-order valence-corrected chi connectivity index (χ3v) is 3.42. The van der Waals surface area contributed by atoms with Gasteiger partial charge in [0.15, 0.2) is 5.82 Å². The molecule has 0 saturated heterocycles. The molecule has 1 heterocycles. The number of nitrogens with zero attached hydrogens (tertiary/aromatic N) is 5. The summed E-state index contributed by atoms with van der Waals surface area (Å²) in [6.45, 7) is 9.68. The first-order valence-corrected chi connectivity index (χ1v) is 7.02. The van der Waals surface area contributed by atoms with E-state index in [0.717, 1.165) is 29.1 Å². The van der Waals surface area contributed by atoms with E-state index in [2.05, 4.69) is 49.5 Å². The minimum Gasteiger partial charge on any atom is -0.289 e. The van der Waals surface area contributed by atoms with Crippen molar-refractivity contribution >= 4 is 15.9 Å². The topological polar surface area (TPSA) is 46.8 Å². The second kappa shape index (κ2) is 7.12. The highest BCUT2D eigenvalue weighted by atomic mass is 79.9. The van der Waals surface area contributed by atoms with Gasteiger partial charge in [0, 0.05) is 17.6 Å². The number of benzene rings is 1. The lowest BCUT2D eigenvalue weighted by atomic mass is 10.3. The van der Waals surface area contributed by atoms with Crippen LogP contribution in [0.5, 0.6) is 0 Å². The Kier molecular flexibility index (Phi) is 5.20. The van der Waals surface area contributed by atoms with Crippen LogP contribution < -0.4 is 0 Å². The normalized spacial score (nSPS) is 10.7. The molecule has 0 radical (unpaired) electrons. The van der Waals surface area contributed by atoms with Gasteiger partial charge in [-0.1, -0.05) is 24.3 Å². The SMILES string of the molecule is C=CCN(CC=C)Cc1nnnn1-c1ccccc1Br. The Labute approximate surface area is 126 Å². The van der Waals surface area contributed by atoms with Gasteiger partial charge in [-0.05, 0) is 38.5 Å². The monoisotopic (exact) mass is 333 g/mol. The summed E-state index contributed by atoms with van der Waals surface area (Å²) in [4.78, 5) is 2.15. The van der Waals surface area contributed by atoms with Crippen LogP contribution in [0.15, 0.2) is 54.0 Å². The Morgan fingerprint density at radius 1 is 1.20 bits per heavy atom. The van der Waals surface area contributed by atoms with E-state index in [4.69, 9.17) is 0 Å². The van der Waals surface area contributed by atoms with E-state index in [1.54, 1.807) is 4.68 Å². The van der Waals surface area contributed by atoms with Crippen molar-refractivity contribution in [3.05, 3.63) is 59.9 Å². The number of rotatable bonds is 7. The van der Waals surface area contributed by atoms with Crippen LogP contribution in [0, 0.1) is 0 Å². The average Bonchev–Trinajstić information content (AvgIpc) is 2.88. The van der Waals surface area contributed by atoms with E-state index in [1.165, 1.54) is 0 Å². The summed E-state index contributed by atoms with van der Waals surface area (Å²) < 4.78 is 2.69. The van der Waals surface area contributed by atoms with Gasteiger partial charge in [0.2, 0.25) is 0 Å². The molecule has 5 nitrogen and oxygen atoms in total. The summed E-state index contributed by atoms with van der Waals surface area (Å²) in [6.07, 6.45) is 3.71. The van der Waals surface area contributed by atoms with Crippen LogP contribution in [0.4, 0.5) is 0 Å². The molecular formula is C14H16BrN5. The molecular weight excluding hydrogens is 318 g/mol. The van der Waals surface area contributed by atoms with Gasteiger partial charge in [-0.2, -0.15) is 4.68 Å². The van der Waals surface area contributed by atoms with Gasteiger partial charge in [-0.25, -0.2) is 0 Å². The number of tetrazole rings is 1. The van der Waals surface area contributed by atoms with E-state index in [9.17, 15) is 0 Å². The second-order valence-electron chi connectivity index (χ2n) is 4.23. The standard InChI is InChI=1S/C14H16BrN5/c1-3-9-19(10-4-2)11-14-16-17-18-20(14)13-8-6-5-7-12(13)15/h3-8H,1-2,9-11H2. The fourth-order valence-corrected chi connectivity index (χ4v) is 2.34. The van der Waals surface area contributed by atoms with Gasteiger partial charge in [0.05, 0.1) is 12.2 Å². The van der Waals surface area contributed by atoms with Gasteiger partial charge < -0.3 is 0 Å². The van der Waals surface area contributed by atoms with Crippen molar-refractivity contribution in [2.45, 2.75) is 6.54 Å². The molecule has 6 heteroatoms. The third-order valence-electron chi connectivity index (χ3n) is 2.75. The Morgan fingerprint density at radius 3 is 2.55 bits per heavy atom. The largest absolute Gasteiger partial charge is 0.289 e. The summed E-state index contributed by atoms with van der Waals surface area (Å²) in [5, 5.41) is 12.0. The maximum Gasteiger partial charge on any atom is 0.170 e. The third kappa shape index (κ3) is 3.40. The van der Waals surface area contributed by atoms with E-state index in [-0.39, 0.29) is 0 Å². The van der Waals surface area contributed by atoms with Crippen molar-refractivity contribution in [1.29, 1.82) is 0 Å². The van der Waals surface area contributed by atoms with Crippen LogP contribution in [0.3, 0.4) is 0 Å². The van der Waals surface area contributed by atoms with Crippen LogP contribution in [0.25, 0.3) is 5.69 Å². The van der Waals surface area contributed by atoms with Crippen LogP contribution in [0.1, 0.15) is 5.82 Å². The molecule has 20 heavy (non-hydrogen) atoms. The van der Waals surface area contributed by atoms with E-state index >= 15 is 0 Å². The maximum absolute atomic E-state index is 4.11. The van der Waals surface area contributed by atoms with Gasteiger partial charge in [0.25, 0.3) is 0 Å². The molecule has 1 aromatic heterocycles. The van der Waals surface area contributed by atoms with Crippen LogP contribution in [-0.2, 0) is 6.54 Å². The number of halogens is 1. The van der Waals surface area contributed by atoms with Crippen molar-refractivity contribution in [2.75, 3.05) is 13.1 Å². The van der Waals surface area contributed by atoms with E-state index in [0.29, 0.717) is 6.54 Å². The van der Waals surface area contributed by atoms with E-state index in [1.807, 2.05) is 36.4 Å². The van der Waals surface area contributed by atoms with Gasteiger partial charge in [0.1, 0.15) is 0 Å². The average molecular weight is 334 g/mol. The summed E-state index contributed by atoms with van der Waals surface area (Å²) in [5.41, 5.74) is 0.921. The minimum absolute atomic E-state index is 0.631. The molecule has 0 amide bonds. The lowest BCUT2D eigenvalue weighted by Gasteiger charge is -2.18. The Bertz CT molecular complexity index is 583. The molecule has 0 aliphatic heterocycles. The van der Waals surface area contributed by atoms with Gasteiger partial charge >= 0.3 is 0 Å². The van der Waals surface area contributed by atoms with Crippen LogP contribution >= 0.6 is 15.9 Å². The lowest BCUT2D eigenvalue weighted by Crippen LogP contribution is -2.25. The predicted octanol–water partition coefficient (Wildman–Crippen LogP) is 2.60. The highest BCUT2D eigenvalue weighted by Gasteiger charge is 2.13. The quantitative estimate of drug-likeness (QED) is 0.730. The van der Waals surface area contributed by atoms with Gasteiger partial charge in [-0.3, -0.25) is 4.90 Å². The summed E-state index contributed by atoms with van der Waals surface area (Å²) in [7, 11) is 0. The number of hydrogen-bond donors (Lipinski definition) is 0. The zero-order valence-electron chi connectivity index (χ0n) is 11.1. The van der Waals surface area contributed by atoms with Crippen molar-refractivity contribution in [1.82, 2.24) is 25.1 Å². The molecule has 0 fully saturated rings. The molecule has 0 spiro atoms. The Balaban J connectivity index is 2.26. The smallest absolute Gasteiger partial charge is 0.170 e. The predicted molar refractivity (Wildman–Crippen MR) is 82.5 cm³/mol. The molecule has 2 aromatic rings. The van der Waals surface area contributed by atoms with E-state index < -0.39 is 0 Å². The molecule has 0 aliphatic rings. The summed E-state index contributed by atoms with van der Waals surface area (Å²) >= 11 is 3.52. The first kappa shape index (κ1) is 14.6. The summed E-state index contributed by atoms with van der Waals surface area (Å²) in [5.74, 6) is 0.778. The Hall–Kier alpha value is -1.79. The molecule has 2 rings (SSSR count).